The Balaban J connectivity index is 4.44. The predicted octanol–water partition coefficient (Wildman–Crippen LogP) is 4.68. The summed E-state index contributed by atoms with van der Waals surface area (Å²) in [5, 5.41) is 0. The van der Waals surface area contributed by atoms with Crippen LogP contribution < -0.4 is 11.5 Å². The number of ether oxygens (including phenoxy) is 4. The van der Waals surface area contributed by atoms with E-state index >= 15 is 0 Å². The van der Waals surface area contributed by atoms with Gasteiger partial charge in [0.15, 0.2) is 0 Å². The molecule has 0 saturated heterocycles. The van der Waals surface area contributed by atoms with Crippen molar-refractivity contribution in [1.82, 2.24) is 0 Å². The molecule has 0 spiro atoms. The van der Waals surface area contributed by atoms with Gasteiger partial charge in [-0.1, -0.05) is 78.1 Å². The fourth-order valence-corrected chi connectivity index (χ4v) is 3.54. The molecule has 188 valence electrons. The maximum atomic E-state index is 6.09. The van der Waals surface area contributed by atoms with Gasteiger partial charge in [-0.2, -0.15) is 0 Å². The highest BCUT2D eigenvalue weighted by Crippen LogP contribution is 2.21. The summed E-state index contributed by atoms with van der Waals surface area (Å²) in [6.07, 6.45) is 15.1. The molecule has 4 N–H and O–H groups in total. The van der Waals surface area contributed by atoms with Gasteiger partial charge in [0.2, 0.25) is 0 Å². The second kappa shape index (κ2) is 24.4. The van der Waals surface area contributed by atoms with Crippen LogP contribution in [0.25, 0.3) is 0 Å². The van der Waals surface area contributed by atoms with Crippen molar-refractivity contribution < 1.29 is 18.9 Å². The Kier molecular flexibility index (Phi) is 24.2. The summed E-state index contributed by atoms with van der Waals surface area (Å²) in [6.45, 7) is 10.4. The molecule has 0 aromatic rings. The minimum Gasteiger partial charge on any atom is -0.381 e. The molecular weight excluding hydrogens is 392 g/mol. The van der Waals surface area contributed by atoms with E-state index in [0.717, 1.165) is 26.1 Å². The van der Waals surface area contributed by atoms with Crippen molar-refractivity contribution in [3.05, 3.63) is 0 Å². The zero-order valence-corrected chi connectivity index (χ0v) is 20.8. The molecule has 0 aromatic carbocycles. The molecule has 0 fully saturated rings. The van der Waals surface area contributed by atoms with Crippen LogP contribution in [0, 0.1) is 5.41 Å². The second-order valence-corrected chi connectivity index (χ2v) is 8.82. The summed E-state index contributed by atoms with van der Waals surface area (Å²) in [4.78, 5) is 0. The van der Waals surface area contributed by atoms with Crippen molar-refractivity contribution in [3.8, 4) is 0 Å². The fraction of sp³-hybridized carbons (Fsp3) is 1.00. The van der Waals surface area contributed by atoms with E-state index in [1.165, 1.54) is 64.2 Å². The van der Waals surface area contributed by atoms with Gasteiger partial charge < -0.3 is 30.4 Å². The number of rotatable bonds is 26. The van der Waals surface area contributed by atoms with E-state index < -0.39 is 0 Å². The van der Waals surface area contributed by atoms with E-state index in [0.29, 0.717) is 52.7 Å². The first-order valence-corrected chi connectivity index (χ1v) is 13.0. The molecule has 0 amide bonds. The number of hydrogen-bond acceptors (Lipinski definition) is 6. The molecule has 6 heteroatoms. The van der Waals surface area contributed by atoms with Crippen LogP contribution in [-0.2, 0) is 18.9 Å². The van der Waals surface area contributed by atoms with E-state index in [1.807, 2.05) is 0 Å². The van der Waals surface area contributed by atoms with Crippen molar-refractivity contribution in [2.45, 2.75) is 90.9 Å². The van der Waals surface area contributed by atoms with Gasteiger partial charge in [0.05, 0.1) is 45.1 Å². The molecule has 0 aliphatic heterocycles. The van der Waals surface area contributed by atoms with Gasteiger partial charge in [-0.15, -0.1) is 0 Å². The van der Waals surface area contributed by atoms with Gasteiger partial charge in [0.25, 0.3) is 0 Å². The highest BCUT2D eigenvalue weighted by Gasteiger charge is 2.32. The predicted molar refractivity (Wildman–Crippen MR) is 131 cm³/mol. The summed E-state index contributed by atoms with van der Waals surface area (Å²) in [7, 11) is 0. The SMILES string of the molecule is CCCCCCCCOCC(COCCN)(COCCN)COCCCCCCCC. The molecule has 0 unspecified atom stereocenters. The van der Waals surface area contributed by atoms with Crippen LogP contribution in [0.5, 0.6) is 0 Å². The Bertz CT molecular complexity index is 313. The minimum atomic E-state index is -0.311. The maximum absolute atomic E-state index is 6.09. The van der Waals surface area contributed by atoms with Gasteiger partial charge in [0, 0.05) is 26.3 Å². The zero-order chi connectivity index (χ0) is 22.9. The molecule has 0 aliphatic carbocycles. The molecule has 0 heterocycles. The topological polar surface area (TPSA) is 89.0 Å². The van der Waals surface area contributed by atoms with Crippen LogP contribution >= 0.6 is 0 Å². The van der Waals surface area contributed by atoms with E-state index in [9.17, 15) is 0 Å². The van der Waals surface area contributed by atoms with Gasteiger partial charge in [-0.3, -0.25) is 0 Å². The van der Waals surface area contributed by atoms with E-state index in [-0.39, 0.29) is 5.41 Å². The first kappa shape index (κ1) is 30.8. The lowest BCUT2D eigenvalue weighted by molar-refractivity contribution is -0.105. The van der Waals surface area contributed by atoms with Gasteiger partial charge in [0.1, 0.15) is 0 Å². The lowest BCUT2D eigenvalue weighted by Crippen LogP contribution is -2.42. The third-order valence-corrected chi connectivity index (χ3v) is 5.44. The van der Waals surface area contributed by atoms with Crippen LogP contribution in [0.4, 0.5) is 0 Å². The molecule has 0 atom stereocenters. The summed E-state index contributed by atoms with van der Waals surface area (Å²) in [5.74, 6) is 0. The average Bonchev–Trinajstić information content (AvgIpc) is 2.77. The van der Waals surface area contributed by atoms with Crippen LogP contribution in [-0.4, -0.2) is 65.9 Å². The second-order valence-electron chi connectivity index (χ2n) is 8.82. The monoisotopic (exact) mass is 446 g/mol. The van der Waals surface area contributed by atoms with E-state index in [4.69, 9.17) is 30.4 Å². The summed E-state index contributed by atoms with van der Waals surface area (Å²) in [5.41, 5.74) is 10.9. The van der Waals surface area contributed by atoms with Crippen LogP contribution in [0.3, 0.4) is 0 Å². The molecule has 0 bridgehead atoms. The molecule has 0 saturated carbocycles. The molecule has 0 aliphatic rings. The molecule has 0 radical (unpaired) electrons. The Labute approximate surface area is 193 Å². The highest BCUT2D eigenvalue weighted by molar-refractivity contribution is 4.79. The normalized spacial score (nSPS) is 12.0. The number of unbranched alkanes of at least 4 members (excludes halogenated alkanes) is 10. The maximum Gasteiger partial charge on any atom is 0.0637 e. The fourth-order valence-electron chi connectivity index (χ4n) is 3.54. The van der Waals surface area contributed by atoms with Crippen LogP contribution in [0.15, 0.2) is 0 Å². The largest absolute Gasteiger partial charge is 0.381 e. The third-order valence-electron chi connectivity index (χ3n) is 5.44. The quantitative estimate of drug-likeness (QED) is 0.188. The van der Waals surface area contributed by atoms with Crippen LogP contribution in [0.2, 0.25) is 0 Å². The van der Waals surface area contributed by atoms with Crippen molar-refractivity contribution in [2.24, 2.45) is 16.9 Å². The summed E-state index contributed by atoms with van der Waals surface area (Å²) >= 11 is 0. The average molecular weight is 447 g/mol. The van der Waals surface area contributed by atoms with Crippen molar-refractivity contribution in [1.29, 1.82) is 0 Å². The van der Waals surface area contributed by atoms with Crippen molar-refractivity contribution in [3.63, 3.8) is 0 Å². The minimum absolute atomic E-state index is 0.311. The van der Waals surface area contributed by atoms with E-state index in [1.54, 1.807) is 0 Å². The zero-order valence-electron chi connectivity index (χ0n) is 20.8. The molecule has 0 rings (SSSR count). The molecule has 6 nitrogen and oxygen atoms in total. The number of hydrogen-bond donors (Lipinski definition) is 2. The van der Waals surface area contributed by atoms with Crippen molar-refractivity contribution >= 4 is 0 Å². The van der Waals surface area contributed by atoms with Gasteiger partial charge in [-0.05, 0) is 12.8 Å². The third kappa shape index (κ3) is 20.1. The standard InChI is InChI=1S/C25H54N2O4/c1-3-5-7-9-11-13-17-28-21-25(23-30-19-15-26,24-31-20-16-27)22-29-18-14-12-10-8-6-4-2/h3-24,26-27H2,1-2H3. The summed E-state index contributed by atoms with van der Waals surface area (Å²) in [6, 6.07) is 0. The lowest BCUT2D eigenvalue weighted by Gasteiger charge is -2.33. The Morgan fingerprint density at radius 2 is 0.774 bits per heavy atom. The lowest BCUT2D eigenvalue weighted by atomic mass is 9.92. The first-order valence-electron chi connectivity index (χ1n) is 13.0. The van der Waals surface area contributed by atoms with Gasteiger partial charge in [-0.25, -0.2) is 0 Å². The molecular formula is C25H54N2O4. The number of nitrogens with two attached hydrogens (primary N) is 2. The summed E-state index contributed by atoms with van der Waals surface area (Å²) < 4.78 is 23.8. The van der Waals surface area contributed by atoms with Gasteiger partial charge >= 0.3 is 0 Å². The Hall–Kier alpha value is -0.240. The Morgan fingerprint density at radius 1 is 0.452 bits per heavy atom. The van der Waals surface area contributed by atoms with Crippen LogP contribution in [0.1, 0.15) is 90.9 Å². The van der Waals surface area contributed by atoms with Crippen molar-refractivity contribution in [2.75, 3.05) is 65.9 Å². The highest BCUT2D eigenvalue weighted by atomic mass is 16.5. The first-order chi connectivity index (χ1) is 15.2. The Morgan fingerprint density at radius 3 is 1.13 bits per heavy atom. The smallest absolute Gasteiger partial charge is 0.0637 e. The molecule has 0 aromatic heterocycles. The van der Waals surface area contributed by atoms with E-state index in [2.05, 4.69) is 13.8 Å². The molecule has 31 heavy (non-hydrogen) atoms.